The first-order valence-corrected chi connectivity index (χ1v) is 36.3. The van der Waals surface area contributed by atoms with Gasteiger partial charge >= 0.3 is 5.97 Å². The van der Waals surface area contributed by atoms with Crippen LogP contribution in [0.3, 0.4) is 0 Å². The molecule has 0 spiro atoms. The van der Waals surface area contributed by atoms with Crippen LogP contribution in [0, 0.1) is 0 Å². The van der Waals surface area contributed by atoms with E-state index in [-0.39, 0.29) is 19.4 Å². The van der Waals surface area contributed by atoms with Crippen molar-refractivity contribution in [3.8, 4) is 0 Å². The highest BCUT2D eigenvalue weighted by atomic mass is 16.7. The first-order valence-electron chi connectivity index (χ1n) is 36.3. The molecule has 11 nitrogen and oxygen atoms in total. The number of unbranched alkanes of at least 4 members (excludes halogenated alkanes) is 29. The fraction of sp³-hybridized carbons (Fsp3) is 0.718. The number of aliphatic hydroxyl groups excluding tert-OH is 5. The van der Waals surface area contributed by atoms with Gasteiger partial charge in [-0.05, 0) is 116 Å². The van der Waals surface area contributed by atoms with Gasteiger partial charge in [0.05, 0.1) is 25.4 Å². The van der Waals surface area contributed by atoms with E-state index in [1.807, 2.05) is 6.08 Å². The monoisotopic (exact) mass is 1240 g/mol. The van der Waals surface area contributed by atoms with Gasteiger partial charge in [0, 0.05) is 6.42 Å². The Bertz CT molecular complexity index is 1920. The Morgan fingerprint density at radius 1 is 0.449 bits per heavy atom. The number of carbonyl (C=O) groups excluding carboxylic acids is 2. The summed E-state index contributed by atoms with van der Waals surface area (Å²) in [6, 6.07) is -1.05. The molecular weight excluding hydrogens is 1110 g/mol. The highest BCUT2D eigenvalue weighted by Crippen LogP contribution is 2.26. The summed E-state index contributed by atoms with van der Waals surface area (Å²) < 4.78 is 17.7. The second kappa shape index (κ2) is 64.2. The standard InChI is InChI=1S/C78H133NO10/c1-4-7-10-13-16-19-22-24-26-28-30-32-34-35-36-37-38-40-42-44-46-48-51-54-57-60-63-66-73(83)89-76-75(85)74(84)72(67-80)88-78(76)87-68-69(70(81)64-61-58-55-52-49-21-18-15-12-9-6-3)79-77(86)71(82)65-62-59-56-53-50-47-45-43-41-39-33-31-29-27-25-23-20-17-14-11-8-5-2/h8,11,16-17,19-20,24-27,30-33,41,43,47,50,61,64,69-72,74-76,78,80-82,84-85H,4-7,9-10,12-15,18,21-23,28-29,34-40,42,44-46,48-49,51-60,62-63,65-68H2,1-3H3,(H,79,86)/b11-8-,19-16-,20-17-,26-24-,27-25-,32-30-,33-31-,43-41-,50-47-,64-61+. The maximum atomic E-state index is 13.5. The fourth-order valence-electron chi connectivity index (χ4n) is 10.7. The van der Waals surface area contributed by atoms with Gasteiger partial charge in [0.1, 0.15) is 24.4 Å². The minimum absolute atomic E-state index is 0.114. The summed E-state index contributed by atoms with van der Waals surface area (Å²) in [6.45, 7) is 5.64. The van der Waals surface area contributed by atoms with Crippen molar-refractivity contribution in [1.82, 2.24) is 5.32 Å². The normalized spacial score (nSPS) is 18.9. The molecule has 11 heteroatoms. The van der Waals surface area contributed by atoms with Crippen molar-refractivity contribution < 1.29 is 49.3 Å². The van der Waals surface area contributed by atoms with Gasteiger partial charge < -0.3 is 45.1 Å². The predicted molar refractivity (Wildman–Crippen MR) is 374 cm³/mol. The third-order valence-electron chi connectivity index (χ3n) is 16.3. The molecule has 8 unspecified atom stereocenters. The number of hydrogen-bond donors (Lipinski definition) is 6. The van der Waals surface area contributed by atoms with Crippen LogP contribution in [0.2, 0.25) is 0 Å². The van der Waals surface area contributed by atoms with Crippen molar-refractivity contribution in [3.63, 3.8) is 0 Å². The zero-order chi connectivity index (χ0) is 64.6. The van der Waals surface area contributed by atoms with Gasteiger partial charge in [-0.25, -0.2) is 0 Å². The number of esters is 1. The molecule has 8 atom stereocenters. The largest absolute Gasteiger partial charge is 0.454 e. The Labute approximate surface area is 544 Å². The molecule has 1 fully saturated rings. The van der Waals surface area contributed by atoms with Crippen molar-refractivity contribution >= 4 is 11.9 Å². The molecule has 510 valence electrons. The third-order valence-corrected chi connectivity index (χ3v) is 16.3. The molecule has 0 aromatic rings. The van der Waals surface area contributed by atoms with Crippen molar-refractivity contribution in [2.75, 3.05) is 13.2 Å². The number of nitrogens with one attached hydrogen (secondary N) is 1. The molecule has 0 bridgehead atoms. The van der Waals surface area contributed by atoms with Gasteiger partial charge in [-0.15, -0.1) is 0 Å². The van der Waals surface area contributed by atoms with E-state index in [1.165, 1.54) is 135 Å². The summed E-state index contributed by atoms with van der Waals surface area (Å²) >= 11 is 0. The zero-order valence-electron chi connectivity index (χ0n) is 56.8. The second-order valence-electron chi connectivity index (χ2n) is 24.6. The molecule has 1 heterocycles. The van der Waals surface area contributed by atoms with Crippen LogP contribution in [-0.4, -0.2) is 99.6 Å². The Morgan fingerprint density at radius 2 is 0.809 bits per heavy atom. The lowest BCUT2D eigenvalue weighted by molar-refractivity contribution is -0.305. The molecule has 1 aliphatic heterocycles. The molecule has 89 heavy (non-hydrogen) atoms. The van der Waals surface area contributed by atoms with E-state index in [0.717, 1.165) is 116 Å². The summed E-state index contributed by atoms with van der Waals surface area (Å²) in [4.78, 5) is 26.7. The number of carbonyl (C=O) groups is 2. The van der Waals surface area contributed by atoms with Gasteiger partial charge in [-0.3, -0.25) is 9.59 Å². The smallest absolute Gasteiger partial charge is 0.306 e. The second-order valence-corrected chi connectivity index (χ2v) is 24.6. The molecule has 0 aliphatic carbocycles. The predicted octanol–water partition coefficient (Wildman–Crippen LogP) is 19.0. The molecule has 1 aliphatic rings. The molecule has 1 saturated heterocycles. The number of amides is 1. The van der Waals surface area contributed by atoms with Crippen molar-refractivity contribution in [2.24, 2.45) is 0 Å². The molecule has 6 N–H and O–H groups in total. The summed E-state index contributed by atoms with van der Waals surface area (Å²) in [5.74, 6) is -1.22. The summed E-state index contributed by atoms with van der Waals surface area (Å²) in [7, 11) is 0. The van der Waals surface area contributed by atoms with Crippen LogP contribution in [0.15, 0.2) is 122 Å². The van der Waals surface area contributed by atoms with Crippen molar-refractivity contribution in [2.45, 2.75) is 346 Å². The van der Waals surface area contributed by atoms with E-state index >= 15 is 0 Å². The number of allylic oxidation sites excluding steroid dienone is 19. The molecule has 0 radical (unpaired) electrons. The topological polar surface area (TPSA) is 175 Å². The van der Waals surface area contributed by atoms with Crippen LogP contribution in [0.1, 0.15) is 297 Å². The van der Waals surface area contributed by atoms with Gasteiger partial charge in [0.15, 0.2) is 12.4 Å². The average molecular weight is 1240 g/mol. The first-order chi connectivity index (χ1) is 43.7. The van der Waals surface area contributed by atoms with E-state index in [0.29, 0.717) is 12.8 Å². The minimum Gasteiger partial charge on any atom is -0.454 e. The lowest BCUT2D eigenvalue weighted by atomic mass is 9.99. The fourth-order valence-corrected chi connectivity index (χ4v) is 10.7. The maximum Gasteiger partial charge on any atom is 0.306 e. The summed E-state index contributed by atoms with van der Waals surface area (Å²) in [5, 5.41) is 57.2. The van der Waals surface area contributed by atoms with Gasteiger partial charge in [-0.2, -0.15) is 0 Å². The molecule has 1 amide bonds. The van der Waals surface area contributed by atoms with E-state index < -0.39 is 67.4 Å². The minimum atomic E-state index is -1.63. The molecule has 0 aromatic heterocycles. The lowest BCUT2D eigenvalue weighted by Gasteiger charge is -2.41. The average Bonchev–Trinajstić information content (AvgIpc) is 2.36. The van der Waals surface area contributed by atoms with Gasteiger partial charge in [-0.1, -0.05) is 296 Å². The Hall–Kier alpha value is -3.94. The van der Waals surface area contributed by atoms with Gasteiger partial charge in [0.2, 0.25) is 5.91 Å². The van der Waals surface area contributed by atoms with E-state index in [2.05, 4.69) is 135 Å². The molecule has 0 saturated carbocycles. The number of rotatable bonds is 61. The highest BCUT2D eigenvalue weighted by Gasteiger charge is 2.47. The van der Waals surface area contributed by atoms with Crippen molar-refractivity contribution in [3.05, 3.63) is 122 Å². The quantitative estimate of drug-likeness (QED) is 0.0195. The molecule has 0 aromatic carbocycles. The number of ether oxygens (including phenoxy) is 3. The van der Waals surface area contributed by atoms with Crippen LogP contribution in [-0.2, 0) is 23.8 Å². The van der Waals surface area contributed by atoms with E-state index in [1.54, 1.807) is 6.08 Å². The van der Waals surface area contributed by atoms with Crippen LogP contribution in [0.4, 0.5) is 0 Å². The summed E-state index contributed by atoms with van der Waals surface area (Å²) in [6.07, 6.45) is 79.5. The molecule has 1 rings (SSSR count). The highest BCUT2D eigenvalue weighted by molar-refractivity contribution is 5.80. The Balaban J connectivity index is 2.56. The SMILES string of the molecule is CC/C=C\C/C=C\C/C=C\C/C=C\C/C=C\C/C=C\CCCCCC(O)C(=O)NC(COC1OC(CO)C(O)C(O)C1OC(=O)CCCCCCCCCCCCCCCC/C=C\C/C=C\C/C=C\CCCCC)C(O)/C=C/CCCCCCCCCCC. The van der Waals surface area contributed by atoms with E-state index in [4.69, 9.17) is 14.2 Å². The van der Waals surface area contributed by atoms with E-state index in [9.17, 15) is 35.1 Å². The maximum absolute atomic E-state index is 13.5. The summed E-state index contributed by atoms with van der Waals surface area (Å²) in [5.41, 5.74) is 0. The Kier molecular flexibility index (Phi) is 59.9. The van der Waals surface area contributed by atoms with Crippen LogP contribution in [0.25, 0.3) is 0 Å². The van der Waals surface area contributed by atoms with Crippen LogP contribution < -0.4 is 5.32 Å². The molecular formula is C78H133NO10. The van der Waals surface area contributed by atoms with Gasteiger partial charge in [0.25, 0.3) is 0 Å². The van der Waals surface area contributed by atoms with Crippen molar-refractivity contribution in [1.29, 1.82) is 0 Å². The van der Waals surface area contributed by atoms with Crippen LogP contribution in [0.5, 0.6) is 0 Å². The van der Waals surface area contributed by atoms with Crippen LogP contribution >= 0.6 is 0 Å². The first kappa shape index (κ1) is 83.1. The lowest BCUT2D eigenvalue weighted by Crippen LogP contribution is -2.61. The third kappa shape index (κ3) is 51.3. The number of aliphatic hydroxyl groups is 5. The Morgan fingerprint density at radius 3 is 1.24 bits per heavy atom. The zero-order valence-corrected chi connectivity index (χ0v) is 56.8. The number of hydrogen-bond acceptors (Lipinski definition) is 10.